The van der Waals surface area contributed by atoms with Crippen molar-refractivity contribution in [2.75, 3.05) is 38.3 Å². The summed E-state index contributed by atoms with van der Waals surface area (Å²) < 4.78 is 24.2. The Hall–Kier alpha value is -2.44. The van der Waals surface area contributed by atoms with E-state index < -0.39 is 16.2 Å². The molecule has 1 N–H and O–H groups in total. The Morgan fingerprint density at radius 3 is 2.30 bits per heavy atom. The van der Waals surface area contributed by atoms with Crippen molar-refractivity contribution < 1.29 is 13.5 Å². The van der Waals surface area contributed by atoms with Crippen LogP contribution in [0.1, 0.15) is 56.1 Å². The molecule has 1 spiro atoms. The van der Waals surface area contributed by atoms with E-state index >= 15 is 0 Å². The Morgan fingerprint density at radius 1 is 1.08 bits per heavy atom. The highest BCUT2D eigenvalue weighted by atomic mass is 32.2. The first-order chi connectivity index (χ1) is 17.6. The zero-order valence-corrected chi connectivity index (χ0v) is 22.9. The molecule has 1 atom stereocenters. The van der Waals surface area contributed by atoms with Crippen molar-refractivity contribution in [3.8, 4) is 6.07 Å². The summed E-state index contributed by atoms with van der Waals surface area (Å²) in [5.41, 5.74) is 1.96. The van der Waals surface area contributed by atoms with E-state index in [-0.39, 0.29) is 21.5 Å². The summed E-state index contributed by atoms with van der Waals surface area (Å²) in [6.07, 6.45) is 7.75. The second-order valence-corrected chi connectivity index (χ2v) is 13.5. The lowest BCUT2D eigenvalue weighted by atomic mass is 9.68. The summed E-state index contributed by atoms with van der Waals surface area (Å²) in [7, 11) is 0.891. The van der Waals surface area contributed by atoms with Gasteiger partial charge in [-0.15, -0.1) is 0 Å². The maximum Gasteiger partial charge on any atom is 0.187 e. The molecule has 8 heteroatoms. The maximum atomic E-state index is 12.1. The smallest absolute Gasteiger partial charge is 0.187 e. The number of aliphatic hydroxyl groups is 1. The normalized spacial score (nSPS) is 29.0. The number of anilines is 1. The standard InChI is InChI=1S/C29H38N4O3S/c1-31(2)29(24-10-5-4-6-11-24)16-14-28(15-17-29)21-32(27(34)33(28)20-22-8-7-9-22)26-13-12-25(37(3,35)36)18-23(26)19-30/h4-6,10-13,18,22,27,34H,7-9,14-17,20-21H2,1-3H3/t27?,28-,29+. The average Bonchev–Trinajstić information content (AvgIpc) is 3.12. The zero-order chi connectivity index (χ0) is 26.4. The van der Waals surface area contributed by atoms with Crippen molar-refractivity contribution in [2.45, 2.75) is 67.3 Å². The molecular formula is C29H38N4O3S. The number of benzene rings is 2. The second-order valence-electron chi connectivity index (χ2n) is 11.5. The number of hydrogen-bond donors (Lipinski definition) is 1. The largest absolute Gasteiger partial charge is 0.361 e. The van der Waals surface area contributed by atoms with E-state index in [0.717, 1.165) is 38.5 Å². The van der Waals surface area contributed by atoms with Crippen LogP contribution in [0.15, 0.2) is 53.4 Å². The van der Waals surface area contributed by atoms with Gasteiger partial charge in [0.2, 0.25) is 0 Å². The first-order valence-corrected chi connectivity index (χ1v) is 15.2. The third kappa shape index (κ3) is 4.57. The Bertz CT molecular complexity index is 1280. The van der Waals surface area contributed by atoms with Crippen molar-refractivity contribution in [1.29, 1.82) is 5.26 Å². The lowest BCUT2D eigenvalue weighted by Crippen LogP contribution is -2.57. The molecule has 3 fully saturated rings. The van der Waals surface area contributed by atoms with Crippen molar-refractivity contribution in [3.05, 3.63) is 59.7 Å². The molecule has 1 saturated heterocycles. The molecule has 0 amide bonds. The van der Waals surface area contributed by atoms with E-state index in [9.17, 15) is 18.8 Å². The molecule has 3 aliphatic rings. The Kier molecular flexibility index (Phi) is 6.86. The first kappa shape index (κ1) is 26.2. The number of nitrogens with zero attached hydrogens (tertiary/aromatic N) is 4. The molecule has 37 heavy (non-hydrogen) atoms. The fourth-order valence-electron chi connectivity index (χ4n) is 6.76. The molecule has 0 bridgehead atoms. The third-order valence-corrected chi connectivity index (χ3v) is 10.4. The summed E-state index contributed by atoms with van der Waals surface area (Å²) in [5, 5.41) is 21.6. The molecule has 5 rings (SSSR count). The molecule has 1 aliphatic heterocycles. The van der Waals surface area contributed by atoms with Gasteiger partial charge in [-0.1, -0.05) is 36.8 Å². The predicted octanol–water partition coefficient (Wildman–Crippen LogP) is 3.93. The van der Waals surface area contributed by atoms with E-state index in [0.29, 0.717) is 18.2 Å². The summed E-state index contributed by atoms with van der Waals surface area (Å²) in [4.78, 5) is 6.70. The van der Waals surface area contributed by atoms with Crippen LogP contribution in [0, 0.1) is 17.2 Å². The Morgan fingerprint density at radius 2 is 1.76 bits per heavy atom. The minimum absolute atomic E-state index is 0.0536. The molecule has 1 unspecified atom stereocenters. The summed E-state index contributed by atoms with van der Waals surface area (Å²) in [6, 6.07) is 17.6. The van der Waals surface area contributed by atoms with Gasteiger partial charge < -0.3 is 10.0 Å². The van der Waals surface area contributed by atoms with E-state index in [2.05, 4.69) is 60.3 Å². The van der Waals surface area contributed by atoms with Gasteiger partial charge in [-0.05, 0) is 82.3 Å². The lowest BCUT2D eigenvalue weighted by Gasteiger charge is -2.52. The number of sulfone groups is 1. The SMILES string of the molecule is CN(C)[C@]1(c2ccccc2)CC[C@]2(CC1)CN(c1ccc(S(C)(=O)=O)cc1C#N)C(O)N2CC1CCC1. The van der Waals surface area contributed by atoms with Crippen LogP contribution in [0.4, 0.5) is 5.69 Å². The van der Waals surface area contributed by atoms with Gasteiger partial charge in [-0.3, -0.25) is 9.80 Å². The number of nitriles is 1. The Balaban J connectivity index is 1.49. The summed E-state index contributed by atoms with van der Waals surface area (Å²) in [5.74, 6) is 0.587. The van der Waals surface area contributed by atoms with Gasteiger partial charge in [0, 0.05) is 30.4 Å². The van der Waals surface area contributed by atoms with Crippen molar-refractivity contribution in [3.63, 3.8) is 0 Å². The molecule has 2 aliphatic carbocycles. The van der Waals surface area contributed by atoms with Gasteiger partial charge in [0.25, 0.3) is 0 Å². The summed E-state index contributed by atoms with van der Waals surface area (Å²) >= 11 is 0. The number of rotatable bonds is 6. The average molecular weight is 523 g/mol. The molecular weight excluding hydrogens is 484 g/mol. The second kappa shape index (κ2) is 9.70. The van der Waals surface area contributed by atoms with Crippen molar-refractivity contribution in [2.24, 2.45) is 5.92 Å². The van der Waals surface area contributed by atoms with E-state index in [4.69, 9.17) is 0 Å². The molecule has 198 valence electrons. The fraction of sp³-hybridized carbons (Fsp3) is 0.552. The third-order valence-electron chi connectivity index (χ3n) is 9.31. The molecule has 2 saturated carbocycles. The number of aliphatic hydroxyl groups excluding tert-OH is 1. The molecule has 1 heterocycles. The van der Waals surface area contributed by atoms with Gasteiger partial charge in [0.1, 0.15) is 6.07 Å². The van der Waals surface area contributed by atoms with E-state index in [1.165, 1.54) is 30.9 Å². The topological polar surface area (TPSA) is 87.9 Å². The van der Waals surface area contributed by atoms with Crippen LogP contribution >= 0.6 is 0 Å². The van der Waals surface area contributed by atoms with E-state index in [1.54, 1.807) is 12.1 Å². The van der Waals surface area contributed by atoms with Crippen LogP contribution in [0.3, 0.4) is 0 Å². The quantitative estimate of drug-likeness (QED) is 0.615. The molecule has 2 aromatic rings. The number of hydrogen-bond acceptors (Lipinski definition) is 7. The molecule has 0 aromatic heterocycles. The molecule has 2 aromatic carbocycles. The monoisotopic (exact) mass is 522 g/mol. The summed E-state index contributed by atoms with van der Waals surface area (Å²) in [6.45, 7) is 1.47. The predicted molar refractivity (Wildman–Crippen MR) is 145 cm³/mol. The minimum Gasteiger partial charge on any atom is -0.361 e. The van der Waals surface area contributed by atoms with Crippen LogP contribution in [0.2, 0.25) is 0 Å². The Labute approximate surface area is 221 Å². The first-order valence-electron chi connectivity index (χ1n) is 13.3. The van der Waals surface area contributed by atoms with Crippen LogP contribution < -0.4 is 4.90 Å². The van der Waals surface area contributed by atoms with Crippen LogP contribution in [-0.2, 0) is 15.4 Å². The van der Waals surface area contributed by atoms with Crippen molar-refractivity contribution >= 4 is 15.5 Å². The van der Waals surface area contributed by atoms with Gasteiger partial charge in [-0.2, -0.15) is 5.26 Å². The highest BCUT2D eigenvalue weighted by Crippen LogP contribution is 2.51. The lowest BCUT2D eigenvalue weighted by molar-refractivity contribution is -0.0660. The van der Waals surface area contributed by atoms with Gasteiger partial charge in [-0.25, -0.2) is 8.42 Å². The van der Waals surface area contributed by atoms with Crippen LogP contribution in [0.25, 0.3) is 0 Å². The fourth-order valence-corrected chi connectivity index (χ4v) is 7.40. The van der Waals surface area contributed by atoms with Crippen molar-refractivity contribution in [1.82, 2.24) is 9.80 Å². The maximum absolute atomic E-state index is 12.1. The van der Waals surface area contributed by atoms with Gasteiger partial charge >= 0.3 is 0 Å². The zero-order valence-electron chi connectivity index (χ0n) is 22.1. The molecule has 0 radical (unpaired) electrons. The highest BCUT2D eigenvalue weighted by Gasteiger charge is 2.55. The minimum atomic E-state index is -3.43. The van der Waals surface area contributed by atoms with E-state index in [1.807, 2.05) is 4.90 Å². The highest BCUT2D eigenvalue weighted by molar-refractivity contribution is 7.90. The van der Waals surface area contributed by atoms with Crippen LogP contribution in [0.5, 0.6) is 0 Å². The van der Waals surface area contributed by atoms with Crippen LogP contribution in [-0.4, -0.2) is 68.7 Å². The molecule has 7 nitrogen and oxygen atoms in total. The van der Waals surface area contributed by atoms with Gasteiger partial charge in [0.15, 0.2) is 16.2 Å². The van der Waals surface area contributed by atoms with Gasteiger partial charge in [0.05, 0.1) is 16.1 Å².